The highest BCUT2D eigenvalue weighted by atomic mass is 16.5. The first-order valence-electron chi connectivity index (χ1n) is 8.95. The van der Waals surface area contributed by atoms with Crippen LogP contribution in [0.2, 0.25) is 0 Å². The maximum Gasteiger partial charge on any atom is 0.260 e. The van der Waals surface area contributed by atoms with Gasteiger partial charge in [-0.05, 0) is 31.4 Å². The molecule has 1 aromatic carbocycles. The number of carbonyl (C=O) groups excluding carboxylic acids is 2. The second-order valence-corrected chi connectivity index (χ2v) is 7.16. The van der Waals surface area contributed by atoms with E-state index in [1.54, 1.807) is 9.80 Å². The van der Waals surface area contributed by atoms with Crippen molar-refractivity contribution in [2.45, 2.75) is 19.3 Å². The summed E-state index contributed by atoms with van der Waals surface area (Å²) in [7, 11) is 1.84. The lowest BCUT2D eigenvalue weighted by Gasteiger charge is -2.37. The Morgan fingerprint density at radius 1 is 1.23 bits per heavy atom. The summed E-state index contributed by atoms with van der Waals surface area (Å²) >= 11 is 0. The summed E-state index contributed by atoms with van der Waals surface area (Å²) < 4.78 is 5.68. The van der Waals surface area contributed by atoms with Crippen LogP contribution in [0.3, 0.4) is 0 Å². The third-order valence-electron chi connectivity index (χ3n) is 5.49. The van der Waals surface area contributed by atoms with Gasteiger partial charge in [-0.25, -0.2) is 9.97 Å². The Morgan fingerprint density at radius 3 is 2.96 bits per heavy atom. The van der Waals surface area contributed by atoms with E-state index in [2.05, 4.69) is 9.97 Å². The summed E-state index contributed by atoms with van der Waals surface area (Å²) in [6.07, 6.45) is 4.02. The molecule has 3 heterocycles. The smallest absolute Gasteiger partial charge is 0.260 e. The molecule has 136 valence electrons. The van der Waals surface area contributed by atoms with Crippen LogP contribution in [0.15, 0.2) is 30.6 Å². The Labute approximate surface area is 152 Å². The molecule has 26 heavy (non-hydrogen) atoms. The van der Waals surface area contributed by atoms with Crippen molar-refractivity contribution >= 4 is 22.7 Å². The second kappa shape index (κ2) is 6.55. The monoisotopic (exact) mass is 354 g/mol. The van der Waals surface area contributed by atoms with Crippen molar-refractivity contribution < 1.29 is 14.3 Å². The molecule has 7 heteroatoms. The summed E-state index contributed by atoms with van der Waals surface area (Å²) in [5, 5.41) is 0.782. The number of para-hydroxylation sites is 1. The molecule has 4 rings (SSSR count). The Bertz CT molecular complexity index is 850. The van der Waals surface area contributed by atoms with E-state index in [0.717, 1.165) is 36.7 Å². The van der Waals surface area contributed by atoms with E-state index in [9.17, 15) is 9.59 Å². The van der Waals surface area contributed by atoms with Crippen molar-refractivity contribution in [2.24, 2.45) is 5.41 Å². The van der Waals surface area contributed by atoms with Gasteiger partial charge in [0.25, 0.3) is 5.91 Å². The highest BCUT2D eigenvalue weighted by Gasteiger charge is 2.48. The van der Waals surface area contributed by atoms with Gasteiger partial charge in [0, 0.05) is 26.7 Å². The first-order valence-corrected chi connectivity index (χ1v) is 8.95. The lowest BCUT2D eigenvalue weighted by molar-refractivity contribution is -0.144. The van der Waals surface area contributed by atoms with Crippen molar-refractivity contribution in [3.8, 4) is 5.88 Å². The van der Waals surface area contributed by atoms with E-state index in [1.807, 2.05) is 31.3 Å². The van der Waals surface area contributed by atoms with Crippen LogP contribution in [0.5, 0.6) is 5.88 Å². The lowest BCUT2D eigenvalue weighted by Crippen LogP contribution is -2.49. The van der Waals surface area contributed by atoms with Crippen molar-refractivity contribution in [1.29, 1.82) is 0 Å². The van der Waals surface area contributed by atoms with Crippen LogP contribution < -0.4 is 4.74 Å². The van der Waals surface area contributed by atoms with Gasteiger partial charge in [-0.2, -0.15) is 0 Å². The maximum absolute atomic E-state index is 12.6. The van der Waals surface area contributed by atoms with E-state index in [1.165, 1.54) is 6.33 Å². The number of amides is 2. The van der Waals surface area contributed by atoms with Crippen molar-refractivity contribution in [2.75, 3.05) is 33.3 Å². The molecule has 0 unspecified atom stereocenters. The van der Waals surface area contributed by atoms with E-state index >= 15 is 0 Å². The van der Waals surface area contributed by atoms with Crippen LogP contribution in [-0.4, -0.2) is 64.9 Å². The number of hydrogen-bond acceptors (Lipinski definition) is 5. The molecule has 0 bridgehead atoms. The van der Waals surface area contributed by atoms with Gasteiger partial charge >= 0.3 is 0 Å². The molecule has 0 saturated carbocycles. The standard InChI is InChI=1S/C19H22N4O3/c1-22-9-4-7-19(18(22)25)8-10-23(12-19)16(24)11-26-17-14-5-2-3-6-15(14)20-13-21-17/h2-3,5-6,13H,4,7-12H2,1H3/t19-/m0/s1. The molecule has 0 aliphatic carbocycles. The lowest BCUT2D eigenvalue weighted by atomic mass is 9.78. The Kier molecular flexibility index (Phi) is 4.22. The number of ether oxygens (including phenoxy) is 1. The molecular formula is C19H22N4O3. The van der Waals surface area contributed by atoms with Gasteiger partial charge in [0.05, 0.1) is 16.3 Å². The summed E-state index contributed by atoms with van der Waals surface area (Å²) in [4.78, 5) is 37.1. The van der Waals surface area contributed by atoms with Crippen LogP contribution in [0.25, 0.3) is 10.9 Å². The van der Waals surface area contributed by atoms with Gasteiger partial charge in [0.2, 0.25) is 11.8 Å². The van der Waals surface area contributed by atoms with Gasteiger partial charge in [0.15, 0.2) is 6.61 Å². The highest BCUT2D eigenvalue weighted by Crippen LogP contribution is 2.39. The molecule has 2 aromatic rings. The third kappa shape index (κ3) is 2.87. The average Bonchev–Trinajstić information content (AvgIpc) is 3.09. The van der Waals surface area contributed by atoms with Gasteiger partial charge in [-0.3, -0.25) is 9.59 Å². The zero-order chi connectivity index (χ0) is 18.1. The van der Waals surface area contributed by atoms with E-state index < -0.39 is 5.41 Å². The maximum atomic E-state index is 12.6. The third-order valence-corrected chi connectivity index (χ3v) is 5.49. The van der Waals surface area contributed by atoms with E-state index in [0.29, 0.717) is 19.0 Å². The Morgan fingerprint density at radius 2 is 2.08 bits per heavy atom. The minimum atomic E-state index is -0.399. The average molecular weight is 354 g/mol. The van der Waals surface area contributed by atoms with Gasteiger partial charge in [0.1, 0.15) is 6.33 Å². The number of aromatic nitrogens is 2. The fourth-order valence-electron chi connectivity index (χ4n) is 4.05. The van der Waals surface area contributed by atoms with Crippen molar-refractivity contribution in [1.82, 2.24) is 19.8 Å². The van der Waals surface area contributed by atoms with Crippen molar-refractivity contribution in [3.05, 3.63) is 30.6 Å². The van der Waals surface area contributed by atoms with Gasteiger partial charge < -0.3 is 14.5 Å². The first kappa shape index (κ1) is 16.8. The van der Waals surface area contributed by atoms with Crippen LogP contribution in [0.1, 0.15) is 19.3 Å². The summed E-state index contributed by atoms with van der Waals surface area (Å²) in [5.41, 5.74) is 0.380. The molecule has 1 spiro atoms. The second-order valence-electron chi connectivity index (χ2n) is 7.16. The Hall–Kier alpha value is -2.70. The number of carbonyl (C=O) groups is 2. The molecule has 0 N–H and O–H groups in total. The fourth-order valence-corrected chi connectivity index (χ4v) is 4.05. The minimum absolute atomic E-state index is 0.0822. The number of piperidine rings is 1. The van der Waals surface area contributed by atoms with Crippen LogP contribution in [0, 0.1) is 5.41 Å². The topological polar surface area (TPSA) is 75.6 Å². The first-order chi connectivity index (χ1) is 12.6. The molecule has 1 aromatic heterocycles. The molecule has 2 aliphatic heterocycles. The predicted molar refractivity (Wildman–Crippen MR) is 95.5 cm³/mol. The SMILES string of the molecule is CN1CCC[C@@]2(CCN(C(=O)COc3ncnc4ccccc34)C2)C1=O. The molecule has 0 radical (unpaired) electrons. The number of hydrogen-bond donors (Lipinski definition) is 0. The number of benzene rings is 1. The number of fused-ring (bicyclic) bond motifs is 1. The summed E-state index contributed by atoms with van der Waals surface area (Å²) in [6.45, 7) is 1.81. The minimum Gasteiger partial charge on any atom is -0.467 e. The normalized spacial score (nSPS) is 23.0. The number of likely N-dealkylation sites (tertiary alicyclic amines) is 2. The Balaban J connectivity index is 1.42. The summed E-state index contributed by atoms with van der Waals surface area (Å²) in [5.74, 6) is 0.471. The molecule has 2 aliphatic rings. The van der Waals surface area contributed by atoms with Crippen LogP contribution >= 0.6 is 0 Å². The molecule has 2 saturated heterocycles. The van der Waals surface area contributed by atoms with Gasteiger partial charge in [-0.15, -0.1) is 0 Å². The van der Waals surface area contributed by atoms with E-state index in [4.69, 9.17) is 4.74 Å². The zero-order valence-electron chi connectivity index (χ0n) is 14.9. The molecular weight excluding hydrogens is 332 g/mol. The van der Waals surface area contributed by atoms with Crippen LogP contribution in [-0.2, 0) is 9.59 Å². The van der Waals surface area contributed by atoms with Crippen LogP contribution in [0.4, 0.5) is 0 Å². The molecule has 1 atom stereocenters. The van der Waals surface area contributed by atoms with Crippen molar-refractivity contribution in [3.63, 3.8) is 0 Å². The summed E-state index contributed by atoms with van der Waals surface area (Å²) in [6, 6.07) is 7.53. The number of rotatable bonds is 3. The zero-order valence-corrected chi connectivity index (χ0v) is 14.9. The quantitative estimate of drug-likeness (QED) is 0.835. The largest absolute Gasteiger partial charge is 0.467 e. The number of nitrogens with zero attached hydrogens (tertiary/aromatic N) is 4. The predicted octanol–water partition coefficient (Wildman–Crippen LogP) is 1.48. The molecule has 2 fully saturated rings. The highest BCUT2D eigenvalue weighted by molar-refractivity contribution is 5.87. The fraction of sp³-hybridized carbons (Fsp3) is 0.474. The van der Waals surface area contributed by atoms with Gasteiger partial charge in [-0.1, -0.05) is 12.1 Å². The molecule has 2 amide bonds. The molecule has 7 nitrogen and oxygen atoms in total. The van der Waals surface area contributed by atoms with E-state index in [-0.39, 0.29) is 18.4 Å².